The van der Waals surface area contributed by atoms with Crippen molar-refractivity contribution in [2.45, 2.75) is 38.8 Å². The number of fused-ring (bicyclic) bond motifs is 4. The average molecular weight is 395 g/mol. The molecule has 0 spiro atoms. The minimum Gasteiger partial charge on any atom is -0.486 e. The van der Waals surface area contributed by atoms with E-state index >= 15 is 0 Å². The molecule has 0 aliphatic carbocycles. The summed E-state index contributed by atoms with van der Waals surface area (Å²) in [4.78, 5) is 34.3. The van der Waals surface area contributed by atoms with Gasteiger partial charge in [-0.05, 0) is 25.0 Å². The van der Waals surface area contributed by atoms with Crippen LogP contribution >= 0.6 is 0 Å². The number of rotatable bonds is 3. The molecule has 0 bridgehead atoms. The fourth-order valence-electron chi connectivity index (χ4n) is 3.82. The van der Waals surface area contributed by atoms with Crippen molar-refractivity contribution >= 4 is 22.8 Å². The molecule has 0 fully saturated rings. The third-order valence-corrected chi connectivity index (χ3v) is 5.22. The molecule has 0 saturated heterocycles. The van der Waals surface area contributed by atoms with E-state index in [2.05, 4.69) is 15.3 Å². The maximum atomic E-state index is 12.8. The van der Waals surface area contributed by atoms with Crippen LogP contribution in [0, 0.1) is 0 Å². The molecule has 1 amide bonds. The number of nitrogens with zero attached hydrogens (tertiary/aromatic N) is 4. The van der Waals surface area contributed by atoms with Crippen molar-refractivity contribution < 1.29 is 14.3 Å². The number of hydrogen-bond acceptors (Lipinski definition) is 6. The lowest BCUT2D eigenvalue weighted by atomic mass is 10.2. The second-order valence-corrected chi connectivity index (χ2v) is 7.25. The van der Waals surface area contributed by atoms with Crippen molar-refractivity contribution in [2.24, 2.45) is 0 Å². The first kappa shape index (κ1) is 17.7. The topological polar surface area (TPSA) is 100 Å². The maximum Gasteiger partial charge on any atom is 0.282 e. The molecule has 0 unspecified atom stereocenters. The fourth-order valence-corrected chi connectivity index (χ4v) is 3.82. The third-order valence-electron chi connectivity index (χ3n) is 5.22. The van der Waals surface area contributed by atoms with Crippen molar-refractivity contribution in [3.05, 3.63) is 40.7 Å². The quantitative estimate of drug-likeness (QED) is 0.725. The van der Waals surface area contributed by atoms with E-state index in [9.17, 15) is 9.59 Å². The molecule has 1 N–H and O–H groups in total. The summed E-state index contributed by atoms with van der Waals surface area (Å²) in [6, 6.07) is 5.20. The first-order chi connectivity index (χ1) is 14.2. The van der Waals surface area contributed by atoms with Gasteiger partial charge >= 0.3 is 0 Å². The van der Waals surface area contributed by atoms with Gasteiger partial charge in [0.2, 0.25) is 5.91 Å². The monoisotopic (exact) mass is 395 g/mol. The van der Waals surface area contributed by atoms with E-state index < -0.39 is 0 Å². The van der Waals surface area contributed by atoms with Crippen LogP contribution in [0.2, 0.25) is 0 Å². The second kappa shape index (κ2) is 7.23. The van der Waals surface area contributed by atoms with Crippen LogP contribution < -0.4 is 20.3 Å². The lowest BCUT2D eigenvalue weighted by Gasteiger charge is -2.19. The van der Waals surface area contributed by atoms with Crippen LogP contribution in [0.4, 0.5) is 5.69 Å². The van der Waals surface area contributed by atoms with Gasteiger partial charge in [0.15, 0.2) is 22.7 Å². The highest BCUT2D eigenvalue weighted by Gasteiger charge is 2.19. The van der Waals surface area contributed by atoms with Gasteiger partial charge in [0.05, 0.1) is 0 Å². The molecule has 0 radical (unpaired) electrons. The zero-order chi connectivity index (χ0) is 19.8. The van der Waals surface area contributed by atoms with Gasteiger partial charge in [0.1, 0.15) is 31.9 Å². The molecule has 2 aliphatic rings. The van der Waals surface area contributed by atoms with Gasteiger partial charge in [-0.15, -0.1) is 0 Å². The predicted molar refractivity (Wildman–Crippen MR) is 105 cm³/mol. The van der Waals surface area contributed by atoms with E-state index in [0.29, 0.717) is 41.6 Å². The van der Waals surface area contributed by atoms with E-state index in [-0.39, 0.29) is 18.0 Å². The Kier molecular flexibility index (Phi) is 4.42. The molecule has 2 aromatic heterocycles. The van der Waals surface area contributed by atoms with Gasteiger partial charge in [-0.2, -0.15) is 0 Å². The Bertz CT molecular complexity index is 1150. The Morgan fingerprint density at radius 3 is 2.90 bits per heavy atom. The highest BCUT2D eigenvalue weighted by atomic mass is 16.6. The minimum absolute atomic E-state index is 0.140. The number of benzene rings is 1. The average Bonchev–Trinajstić information content (AvgIpc) is 2.92. The molecule has 0 atom stereocenters. The van der Waals surface area contributed by atoms with E-state index in [0.717, 1.165) is 38.1 Å². The van der Waals surface area contributed by atoms with Crippen molar-refractivity contribution in [1.82, 2.24) is 19.1 Å². The van der Waals surface area contributed by atoms with E-state index in [1.165, 1.54) is 10.9 Å². The molecular formula is C20H21N5O4. The van der Waals surface area contributed by atoms with E-state index in [4.69, 9.17) is 9.47 Å². The maximum absolute atomic E-state index is 12.8. The Hall–Kier alpha value is -3.36. The Morgan fingerprint density at radius 2 is 2.00 bits per heavy atom. The lowest BCUT2D eigenvalue weighted by molar-refractivity contribution is -0.116. The smallest absolute Gasteiger partial charge is 0.282 e. The molecular weight excluding hydrogens is 374 g/mol. The van der Waals surface area contributed by atoms with Gasteiger partial charge in [0.25, 0.3) is 5.56 Å². The SMILES string of the molecule is O=C(Cn1cnc2c(nc3n2CCCCC3)c1=O)Nc1ccc2c(c1)OCCO2. The summed E-state index contributed by atoms with van der Waals surface area (Å²) < 4.78 is 14.3. The van der Waals surface area contributed by atoms with Crippen LogP contribution in [-0.2, 0) is 24.3 Å². The molecule has 29 heavy (non-hydrogen) atoms. The molecule has 4 heterocycles. The number of ether oxygens (including phenoxy) is 2. The predicted octanol–water partition coefficient (Wildman–Crippen LogP) is 1.73. The number of nitrogens with one attached hydrogen (secondary N) is 1. The zero-order valence-corrected chi connectivity index (χ0v) is 15.9. The Balaban J connectivity index is 1.37. The standard InChI is InChI=1S/C20H21N5O4/c26-17(22-13-5-6-14-15(10-13)29-9-8-28-14)11-24-12-21-19-18(20(24)27)23-16-4-2-1-3-7-25(16)19/h5-6,10,12H,1-4,7-9,11H2,(H,22,26). The molecule has 2 aliphatic heterocycles. The molecule has 5 rings (SSSR count). The Labute approximate surface area is 166 Å². The van der Waals surface area contributed by atoms with Crippen molar-refractivity contribution in [3.63, 3.8) is 0 Å². The number of hydrogen-bond donors (Lipinski definition) is 1. The molecule has 9 heteroatoms. The number of carbonyl (C=O) groups is 1. The van der Waals surface area contributed by atoms with Crippen LogP contribution in [0.15, 0.2) is 29.3 Å². The van der Waals surface area contributed by atoms with E-state index in [1.807, 2.05) is 4.57 Å². The van der Waals surface area contributed by atoms with Crippen LogP contribution in [0.25, 0.3) is 11.2 Å². The summed E-state index contributed by atoms with van der Waals surface area (Å²) in [5.41, 5.74) is 1.22. The van der Waals surface area contributed by atoms with Crippen LogP contribution in [0.1, 0.15) is 25.1 Å². The fraction of sp³-hybridized carbons (Fsp3) is 0.400. The van der Waals surface area contributed by atoms with Gasteiger partial charge in [-0.1, -0.05) is 6.42 Å². The summed E-state index contributed by atoms with van der Waals surface area (Å²) in [5.74, 6) is 1.82. The number of imidazole rings is 1. The summed E-state index contributed by atoms with van der Waals surface area (Å²) in [5, 5.41) is 2.79. The lowest BCUT2D eigenvalue weighted by Crippen LogP contribution is -2.28. The van der Waals surface area contributed by atoms with Crippen molar-refractivity contribution in [2.75, 3.05) is 18.5 Å². The second-order valence-electron chi connectivity index (χ2n) is 7.25. The summed E-state index contributed by atoms with van der Waals surface area (Å²) in [7, 11) is 0. The number of aryl methyl sites for hydroxylation is 2. The van der Waals surface area contributed by atoms with Crippen LogP contribution in [0.3, 0.4) is 0 Å². The van der Waals surface area contributed by atoms with Crippen LogP contribution in [0.5, 0.6) is 11.5 Å². The molecule has 150 valence electrons. The third kappa shape index (κ3) is 3.32. The highest BCUT2D eigenvalue weighted by molar-refractivity contribution is 5.91. The highest BCUT2D eigenvalue weighted by Crippen LogP contribution is 2.32. The normalized spacial score (nSPS) is 15.6. The zero-order valence-electron chi connectivity index (χ0n) is 15.9. The van der Waals surface area contributed by atoms with Gasteiger partial charge in [-0.25, -0.2) is 9.97 Å². The summed E-state index contributed by atoms with van der Waals surface area (Å²) >= 11 is 0. The van der Waals surface area contributed by atoms with Gasteiger partial charge < -0.3 is 19.4 Å². The van der Waals surface area contributed by atoms with E-state index in [1.54, 1.807) is 18.2 Å². The molecule has 0 saturated carbocycles. The summed E-state index contributed by atoms with van der Waals surface area (Å²) in [6.45, 7) is 1.67. The van der Waals surface area contributed by atoms with Gasteiger partial charge in [0, 0.05) is 24.7 Å². The first-order valence-electron chi connectivity index (χ1n) is 9.83. The summed E-state index contributed by atoms with van der Waals surface area (Å²) in [6.07, 6.45) is 5.55. The number of amides is 1. The van der Waals surface area contributed by atoms with Crippen molar-refractivity contribution in [1.29, 1.82) is 0 Å². The molecule has 9 nitrogen and oxygen atoms in total. The largest absolute Gasteiger partial charge is 0.486 e. The number of carbonyl (C=O) groups excluding carboxylic acids is 1. The molecule has 1 aromatic carbocycles. The number of aromatic nitrogens is 4. The first-order valence-corrected chi connectivity index (χ1v) is 9.83. The van der Waals surface area contributed by atoms with Gasteiger partial charge in [-0.3, -0.25) is 14.2 Å². The number of anilines is 1. The van der Waals surface area contributed by atoms with Crippen molar-refractivity contribution in [3.8, 4) is 11.5 Å². The molecule has 3 aromatic rings. The van der Waals surface area contributed by atoms with Crippen LogP contribution in [-0.4, -0.2) is 38.2 Å². The minimum atomic E-state index is -0.328. The Morgan fingerprint density at radius 1 is 1.14 bits per heavy atom.